The van der Waals surface area contributed by atoms with Gasteiger partial charge in [0.1, 0.15) is 5.75 Å². The lowest BCUT2D eigenvalue weighted by Crippen LogP contribution is -2.04. The molecule has 1 heterocycles. The summed E-state index contributed by atoms with van der Waals surface area (Å²) in [5.41, 5.74) is 1.80. The van der Waals surface area contributed by atoms with Crippen molar-refractivity contribution in [3.05, 3.63) is 53.9 Å². The van der Waals surface area contributed by atoms with Gasteiger partial charge in [0.05, 0.1) is 18.6 Å². The first-order chi connectivity index (χ1) is 10.2. The molecule has 0 fully saturated rings. The average molecular weight is 301 g/mol. The Morgan fingerprint density at radius 3 is 2.90 bits per heavy atom. The molecular formula is C17H19NO2S. The van der Waals surface area contributed by atoms with Gasteiger partial charge in [-0.3, -0.25) is 9.78 Å². The Morgan fingerprint density at radius 1 is 1.29 bits per heavy atom. The SMILES string of the molecule is CCCOc1cncc(C(=O)CSc2cccc(C)c2)c1. The Labute approximate surface area is 129 Å². The van der Waals surface area contributed by atoms with Gasteiger partial charge in [0, 0.05) is 16.7 Å². The quantitative estimate of drug-likeness (QED) is 0.569. The Morgan fingerprint density at radius 2 is 2.14 bits per heavy atom. The molecule has 3 nitrogen and oxygen atoms in total. The van der Waals surface area contributed by atoms with Crippen molar-refractivity contribution in [1.29, 1.82) is 0 Å². The zero-order chi connectivity index (χ0) is 15.1. The summed E-state index contributed by atoms with van der Waals surface area (Å²) in [7, 11) is 0. The van der Waals surface area contributed by atoms with Crippen LogP contribution in [0.25, 0.3) is 0 Å². The third-order valence-corrected chi connectivity index (χ3v) is 3.86. The second kappa shape index (κ2) is 7.84. The number of benzene rings is 1. The van der Waals surface area contributed by atoms with Gasteiger partial charge < -0.3 is 4.74 Å². The minimum absolute atomic E-state index is 0.0657. The third kappa shape index (κ3) is 4.90. The molecule has 0 saturated heterocycles. The minimum Gasteiger partial charge on any atom is -0.492 e. The topological polar surface area (TPSA) is 39.2 Å². The molecular weight excluding hydrogens is 282 g/mol. The number of ketones is 1. The number of rotatable bonds is 7. The van der Waals surface area contributed by atoms with Crippen LogP contribution in [-0.2, 0) is 0 Å². The number of nitrogens with zero attached hydrogens (tertiary/aromatic N) is 1. The van der Waals surface area contributed by atoms with E-state index in [0.717, 1.165) is 11.3 Å². The molecule has 110 valence electrons. The maximum Gasteiger partial charge on any atom is 0.174 e. The van der Waals surface area contributed by atoms with E-state index >= 15 is 0 Å². The maximum absolute atomic E-state index is 12.2. The zero-order valence-corrected chi connectivity index (χ0v) is 13.2. The van der Waals surface area contributed by atoms with Crippen LogP contribution < -0.4 is 4.74 Å². The third-order valence-electron chi connectivity index (χ3n) is 2.87. The molecule has 0 saturated carbocycles. The van der Waals surface area contributed by atoms with Gasteiger partial charge in [-0.15, -0.1) is 11.8 Å². The molecule has 2 rings (SSSR count). The molecule has 2 aromatic rings. The minimum atomic E-state index is 0.0657. The van der Waals surface area contributed by atoms with E-state index in [1.54, 1.807) is 30.2 Å². The molecule has 4 heteroatoms. The Kier molecular flexibility index (Phi) is 5.81. The molecule has 0 aliphatic rings. The van der Waals surface area contributed by atoms with Gasteiger partial charge in [-0.05, 0) is 31.5 Å². The number of hydrogen-bond acceptors (Lipinski definition) is 4. The molecule has 0 aliphatic heterocycles. The van der Waals surface area contributed by atoms with Crippen molar-refractivity contribution in [2.75, 3.05) is 12.4 Å². The van der Waals surface area contributed by atoms with E-state index in [2.05, 4.69) is 11.1 Å². The molecule has 0 spiro atoms. The summed E-state index contributed by atoms with van der Waals surface area (Å²) < 4.78 is 5.50. The van der Waals surface area contributed by atoms with Crippen LogP contribution in [0, 0.1) is 6.92 Å². The molecule has 0 radical (unpaired) electrons. The van der Waals surface area contributed by atoms with Crippen LogP contribution in [0.4, 0.5) is 0 Å². The fourth-order valence-electron chi connectivity index (χ4n) is 1.81. The van der Waals surface area contributed by atoms with Gasteiger partial charge in [-0.1, -0.05) is 24.6 Å². The van der Waals surface area contributed by atoms with Crippen molar-refractivity contribution in [2.45, 2.75) is 25.2 Å². The molecule has 1 aromatic heterocycles. The number of hydrogen-bond donors (Lipinski definition) is 0. The van der Waals surface area contributed by atoms with Crippen molar-refractivity contribution in [1.82, 2.24) is 4.98 Å². The molecule has 21 heavy (non-hydrogen) atoms. The first kappa shape index (κ1) is 15.6. The lowest BCUT2D eigenvalue weighted by atomic mass is 10.2. The van der Waals surface area contributed by atoms with E-state index in [4.69, 9.17) is 4.74 Å². The van der Waals surface area contributed by atoms with Crippen LogP contribution in [0.2, 0.25) is 0 Å². The smallest absolute Gasteiger partial charge is 0.174 e. The highest BCUT2D eigenvalue weighted by atomic mass is 32.2. The van der Waals surface area contributed by atoms with Crippen molar-refractivity contribution in [3.63, 3.8) is 0 Å². The van der Waals surface area contributed by atoms with E-state index in [1.165, 1.54) is 5.56 Å². The predicted octanol–water partition coefficient (Wildman–Crippen LogP) is 4.15. The molecule has 1 aromatic carbocycles. The highest BCUT2D eigenvalue weighted by Gasteiger charge is 2.08. The van der Waals surface area contributed by atoms with Gasteiger partial charge >= 0.3 is 0 Å². The van der Waals surface area contributed by atoms with Crippen molar-refractivity contribution in [2.24, 2.45) is 0 Å². The summed E-state index contributed by atoms with van der Waals surface area (Å²) in [6, 6.07) is 9.91. The number of carbonyl (C=O) groups is 1. The second-order valence-corrected chi connectivity index (χ2v) is 5.83. The average Bonchev–Trinajstić information content (AvgIpc) is 2.51. The number of aromatic nitrogens is 1. The first-order valence-electron chi connectivity index (χ1n) is 6.99. The van der Waals surface area contributed by atoms with Gasteiger partial charge in [-0.2, -0.15) is 0 Å². The number of Topliss-reactive ketones (excluding diaryl/α,β-unsaturated/α-hetero) is 1. The van der Waals surface area contributed by atoms with E-state index in [-0.39, 0.29) is 5.78 Å². The largest absolute Gasteiger partial charge is 0.492 e. The number of aryl methyl sites for hydroxylation is 1. The highest BCUT2D eigenvalue weighted by Crippen LogP contribution is 2.21. The van der Waals surface area contributed by atoms with E-state index in [0.29, 0.717) is 23.7 Å². The van der Waals surface area contributed by atoms with Crippen molar-refractivity contribution >= 4 is 17.5 Å². The van der Waals surface area contributed by atoms with E-state index < -0.39 is 0 Å². The predicted molar refractivity (Wildman–Crippen MR) is 86.3 cm³/mol. The van der Waals surface area contributed by atoms with Crippen LogP contribution in [-0.4, -0.2) is 23.1 Å². The maximum atomic E-state index is 12.2. The lowest BCUT2D eigenvalue weighted by Gasteiger charge is -2.06. The number of carbonyl (C=O) groups excluding carboxylic acids is 1. The summed E-state index contributed by atoms with van der Waals surface area (Å²) in [4.78, 5) is 17.4. The first-order valence-corrected chi connectivity index (χ1v) is 7.98. The summed E-state index contributed by atoms with van der Waals surface area (Å²) in [6.07, 6.45) is 4.17. The van der Waals surface area contributed by atoms with Gasteiger partial charge in [0.25, 0.3) is 0 Å². The fourth-order valence-corrected chi connectivity index (χ4v) is 2.72. The van der Waals surface area contributed by atoms with Gasteiger partial charge in [0.2, 0.25) is 0 Å². The monoisotopic (exact) mass is 301 g/mol. The molecule has 0 bridgehead atoms. The fraction of sp³-hybridized carbons (Fsp3) is 0.294. The van der Waals surface area contributed by atoms with Crippen LogP contribution in [0.3, 0.4) is 0 Å². The standard InChI is InChI=1S/C17H19NO2S/c1-3-7-20-15-9-14(10-18-11-15)17(19)12-21-16-6-4-5-13(2)8-16/h4-6,8-11H,3,7,12H2,1-2H3. The molecule has 0 atom stereocenters. The Bertz CT molecular complexity index is 613. The van der Waals surface area contributed by atoms with E-state index in [1.807, 2.05) is 32.0 Å². The second-order valence-electron chi connectivity index (χ2n) is 4.79. The van der Waals surface area contributed by atoms with Crippen LogP contribution >= 0.6 is 11.8 Å². The van der Waals surface area contributed by atoms with Crippen LogP contribution in [0.15, 0.2) is 47.6 Å². The van der Waals surface area contributed by atoms with E-state index in [9.17, 15) is 4.79 Å². The molecule has 0 aliphatic carbocycles. The molecule has 0 unspecified atom stereocenters. The summed E-state index contributed by atoms with van der Waals surface area (Å²) in [6.45, 7) is 4.72. The lowest BCUT2D eigenvalue weighted by molar-refractivity contribution is 0.102. The van der Waals surface area contributed by atoms with Crippen molar-refractivity contribution in [3.8, 4) is 5.75 Å². The number of ether oxygens (including phenoxy) is 1. The molecule has 0 amide bonds. The summed E-state index contributed by atoms with van der Waals surface area (Å²) in [5, 5.41) is 0. The van der Waals surface area contributed by atoms with Crippen molar-refractivity contribution < 1.29 is 9.53 Å². The highest BCUT2D eigenvalue weighted by molar-refractivity contribution is 8.00. The Hall–Kier alpha value is -1.81. The summed E-state index contributed by atoms with van der Waals surface area (Å²) in [5.74, 6) is 1.13. The van der Waals surface area contributed by atoms with Gasteiger partial charge in [-0.25, -0.2) is 0 Å². The Balaban J connectivity index is 1.96. The number of pyridine rings is 1. The zero-order valence-electron chi connectivity index (χ0n) is 12.3. The summed E-state index contributed by atoms with van der Waals surface area (Å²) >= 11 is 1.54. The van der Waals surface area contributed by atoms with Crippen LogP contribution in [0.1, 0.15) is 29.3 Å². The normalized spacial score (nSPS) is 10.4. The number of thioether (sulfide) groups is 1. The van der Waals surface area contributed by atoms with Gasteiger partial charge in [0.15, 0.2) is 5.78 Å². The molecule has 0 N–H and O–H groups in total. The van der Waals surface area contributed by atoms with Crippen LogP contribution in [0.5, 0.6) is 5.75 Å².